The van der Waals surface area contributed by atoms with Gasteiger partial charge in [-0.15, -0.1) is 0 Å². The van der Waals surface area contributed by atoms with E-state index in [4.69, 9.17) is 19.4 Å². The van der Waals surface area contributed by atoms with E-state index < -0.39 is 5.60 Å². The lowest BCUT2D eigenvalue weighted by atomic mass is 10.2. The topological polar surface area (TPSA) is 117 Å². The van der Waals surface area contributed by atoms with Gasteiger partial charge >= 0.3 is 6.09 Å². The van der Waals surface area contributed by atoms with Crippen molar-refractivity contribution < 1.29 is 14.3 Å². The van der Waals surface area contributed by atoms with E-state index in [1.165, 1.54) is 11.3 Å². The fraction of sp³-hybridized carbons (Fsp3) is 0.560. The number of allylic oxidation sites excluding steroid dienone is 1. The second-order valence-corrected chi connectivity index (χ2v) is 11.0. The molecule has 11 nitrogen and oxygen atoms in total. The fourth-order valence-corrected chi connectivity index (χ4v) is 4.88. The number of hydrogen-bond acceptors (Lipinski definition) is 11. The normalized spacial score (nSPS) is 18.8. The molecule has 0 spiro atoms. The van der Waals surface area contributed by atoms with Crippen molar-refractivity contribution in [2.45, 2.75) is 52.3 Å². The lowest BCUT2D eigenvalue weighted by Gasteiger charge is -2.26. The number of ether oxygens (including phenoxy) is 2. The number of aromatic nitrogens is 3. The second kappa shape index (κ2) is 12.0. The number of carbonyl (C=O) groups is 1. The molecule has 1 atom stereocenters. The standard InChI is InChI=1S/C25H36N8O3S/c1-6-7-19-21(26-5)37-23(29-19)31-20-14-18(15-32-10-12-35-13-11-32)28-22(30-20)27-17-8-9-33(16-17)24(34)36-25(2,3)4/h6-7,14,17H,5,8-13,15-16H2,1-4H3,(H2,27,28,29,30,31)/b7-6-/t17-/m1/s1. The van der Waals surface area contributed by atoms with Gasteiger partial charge in [0, 0.05) is 44.8 Å². The highest BCUT2D eigenvalue weighted by atomic mass is 32.1. The molecule has 12 heteroatoms. The smallest absolute Gasteiger partial charge is 0.410 e. The lowest BCUT2D eigenvalue weighted by molar-refractivity contribution is 0.0293. The van der Waals surface area contributed by atoms with Gasteiger partial charge in [-0.3, -0.25) is 9.89 Å². The monoisotopic (exact) mass is 528 g/mol. The molecule has 200 valence electrons. The predicted molar refractivity (Wildman–Crippen MR) is 147 cm³/mol. The zero-order valence-electron chi connectivity index (χ0n) is 22.0. The zero-order valence-corrected chi connectivity index (χ0v) is 22.8. The van der Waals surface area contributed by atoms with Gasteiger partial charge in [-0.1, -0.05) is 17.4 Å². The van der Waals surface area contributed by atoms with Gasteiger partial charge in [0.05, 0.1) is 18.9 Å². The van der Waals surface area contributed by atoms with Crippen LogP contribution in [0.5, 0.6) is 0 Å². The highest BCUT2D eigenvalue weighted by Crippen LogP contribution is 2.33. The molecule has 2 N–H and O–H groups in total. The SMILES string of the molecule is C=Nc1sc(Nc2cc(CN3CCOCC3)nc(N[C@@H]3CCN(C(=O)OC(C)(C)C)C3)n2)nc1/C=C\C. The summed E-state index contributed by atoms with van der Waals surface area (Å²) in [5, 5.41) is 8.17. The highest BCUT2D eigenvalue weighted by molar-refractivity contribution is 7.19. The van der Waals surface area contributed by atoms with Crippen LogP contribution >= 0.6 is 11.3 Å². The molecule has 0 saturated carbocycles. The lowest BCUT2D eigenvalue weighted by Crippen LogP contribution is -2.37. The van der Waals surface area contributed by atoms with Gasteiger partial charge in [0.15, 0.2) is 5.13 Å². The number of rotatable bonds is 8. The van der Waals surface area contributed by atoms with Crippen LogP contribution in [0, 0.1) is 0 Å². The van der Waals surface area contributed by atoms with Crippen LogP contribution in [0.25, 0.3) is 6.08 Å². The molecule has 4 rings (SSSR count). The number of nitrogens with one attached hydrogen (secondary N) is 2. The van der Waals surface area contributed by atoms with Gasteiger partial charge in [0.1, 0.15) is 22.1 Å². The molecule has 2 saturated heterocycles. The van der Waals surface area contributed by atoms with Gasteiger partial charge in [0.25, 0.3) is 0 Å². The first-order valence-corrected chi connectivity index (χ1v) is 13.3. The van der Waals surface area contributed by atoms with Crippen molar-refractivity contribution in [3.8, 4) is 0 Å². The zero-order chi connectivity index (χ0) is 26.4. The van der Waals surface area contributed by atoms with Crippen LogP contribution in [0.2, 0.25) is 0 Å². The summed E-state index contributed by atoms with van der Waals surface area (Å²) in [6.45, 7) is 16.2. The number of morpholine rings is 1. The maximum absolute atomic E-state index is 12.5. The van der Waals surface area contributed by atoms with Crippen LogP contribution in [0.4, 0.5) is 26.7 Å². The number of aliphatic imine (C=N–C) groups is 1. The van der Waals surface area contributed by atoms with Gasteiger partial charge in [-0.05, 0) is 46.9 Å². The number of nitrogens with zero attached hydrogens (tertiary/aromatic N) is 6. The predicted octanol–water partition coefficient (Wildman–Crippen LogP) is 4.30. The second-order valence-electron chi connectivity index (χ2n) is 10.0. The van der Waals surface area contributed by atoms with E-state index in [9.17, 15) is 4.79 Å². The molecular weight excluding hydrogens is 492 g/mol. The minimum absolute atomic E-state index is 0.0248. The summed E-state index contributed by atoms with van der Waals surface area (Å²) < 4.78 is 11.0. The maximum atomic E-state index is 12.5. The highest BCUT2D eigenvalue weighted by Gasteiger charge is 2.30. The third-order valence-corrected chi connectivity index (χ3v) is 6.70. The molecule has 0 aromatic carbocycles. The molecule has 0 bridgehead atoms. The summed E-state index contributed by atoms with van der Waals surface area (Å²) in [5.74, 6) is 1.15. The van der Waals surface area contributed by atoms with Gasteiger partial charge in [0.2, 0.25) is 5.95 Å². The first-order valence-electron chi connectivity index (χ1n) is 12.5. The van der Waals surface area contributed by atoms with Crippen molar-refractivity contribution in [3.05, 3.63) is 23.5 Å². The molecule has 2 aliphatic heterocycles. The molecule has 0 unspecified atom stereocenters. The quantitative estimate of drug-likeness (QED) is 0.484. The van der Waals surface area contributed by atoms with Gasteiger partial charge in [-0.25, -0.2) is 14.8 Å². The minimum Gasteiger partial charge on any atom is -0.444 e. The van der Waals surface area contributed by atoms with Crippen LogP contribution in [-0.4, -0.2) is 88.6 Å². The molecule has 2 aromatic heterocycles. The largest absolute Gasteiger partial charge is 0.444 e. The Kier molecular flexibility index (Phi) is 8.72. The van der Waals surface area contributed by atoms with E-state index in [0.717, 1.165) is 35.9 Å². The summed E-state index contributed by atoms with van der Waals surface area (Å²) in [5.41, 5.74) is 1.12. The Morgan fingerprint density at radius 3 is 2.78 bits per heavy atom. The summed E-state index contributed by atoms with van der Waals surface area (Å²) in [4.78, 5) is 34.7. The van der Waals surface area contributed by atoms with Gasteiger partial charge < -0.3 is 25.0 Å². The maximum Gasteiger partial charge on any atom is 0.410 e. The van der Waals surface area contributed by atoms with Crippen molar-refractivity contribution in [3.63, 3.8) is 0 Å². The Morgan fingerprint density at radius 2 is 2.08 bits per heavy atom. The molecule has 1 amide bonds. The molecule has 2 aliphatic rings. The Bertz CT molecular complexity index is 1120. The molecule has 37 heavy (non-hydrogen) atoms. The van der Waals surface area contributed by atoms with E-state index in [0.29, 0.717) is 49.7 Å². The third-order valence-electron chi connectivity index (χ3n) is 5.78. The number of thiazole rings is 1. The fourth-order valence-electron chi connectivity index (χ4n) is 4.12. The number of likely N-dealkylation sites (tertiary alicyclic amines) is 1. The number of carbonyl (C=O) groups excluding carboxylic acids is 1. The van der Waals surface area contributed by atoms with E-state index in [2.05, 4.69) is 32.2 Å². The molecule has 2 fully saturated rings. The third kappa shape index (κ3) is 7.70. The molecule has 0 aliphatic carbocycles. The van der Waals surface area contributed by atoms with E-state index in [1.54, 1.807) is 4.90 Å². The van der Waals surface area contributed by atoms with Gasteiger partial charge in [-0.2, -0.15) is 4.98 Å². The first-order chi connectivity index (χ1) is 17.7. The minimum atomic E-state index is -0.524. The molecule has 0 radical (unpaired) electrons. The summed E-state index contributed by atoms with van der Waals surface area (Å²) >= 11 is 1.41. The molecular formula is C25H36N8O3S. The van der Waals surface area contributed by atoms with E-state index in [1.807, 2.05) is 45.9 Å². The first kappa shape index (κ1) is 27.0. The van der Waals surface area contributed by atoms with Crippen molar-refractivity contribution in [2.24, 2.45) is 4.99 Å². The summed E-state index contributed by atoms with van der Waals surface area (Å²) in [6.07, 6.45) is 4.31. The van der Waals surface area contributed by atoms with Crippen LogP contribution in [0.3, 0.4) is 0 Å². The Labute approximate surface area is 222 Å². The Morgan fingerprint density at radius 1 is 1.30 bits per heavy atom. The summed E-state index contributed by atoms with van der Waals surface area (Å²) in [7, 11) is 0. The van der Waals surface area contributed by atoms with E-state index in [-0.39, 0.29) is 12.1 Å². The Hall–Kier alpha value is -3.09. The number of hydrogen-bond donors (Lipinski definition) is 2. The van der Waals surface area contributed by atoms with Crippen LogP contribution < -0.4 is 10.6 Å². The van der Waals surface area contributed by atoms with Crippen molar-refractivity contribution in [1.82, 2.24) is 24.8 Å². The molecule has 2 aromatic rings. The average molecular weight is 529 g/mol. The number of anilines is 3. The summed E-state index contributed by atoms with van der Waals surface area (Å²) in [6, 6.07) is 1.97. The van der Waals surface area contributed by atoms with Crippen molar-refractivity contribution in [1.29, 1.82) is 0 Å². The van der Waals surface area contributed by atoms with Crippen molar-refractivity contribution in [2.75, 3.05) is 50.0 Å². The number of amides is 1. The van der Waals surface area contributed by atoms with Crippen LogP contribution in [0.15, 0.2) is 17.1 Å². The van der Waals surface area contributed by atoms with E-state index >= 15 is 0 Å². The van der Waals surface area contributed by atoms with Crippen molar-refractivity contribution >= 4 is 52.1 Å². The Balaban J connectivity index is 1.51. The average Bonchev–Trinajstić information content (AvgIpc) is 3.45. The van der Waals surface area contributed by atoms with Crippen LogP contribution in [-0.2, 0) is 16.0 Å². The molecule has 4 heterocycles. The van der Waals surface area contributed by atoms with Crippen LogP contribution in [0.1, 0.15) is 45.5 Å².